The van der Waals surface area contributed by atoms with E-state index in [1.807, 2.05) is 0 Å². The van der Waals surface area contributed by atoms with E-state index in [4.69, 9.17) is 0 Å². The Morgan fingerprint density at radius 3 is 2.65 bits per heavy atom. The fourth-order valence-corrected chi connectivity index (χ4v) is 2.48. The molecule has 1 atom stereocenters. The highest BCUT2D eigenvalue weighted by molar-refractivity contribution is 9.10. The molecule has 112 valence electrons. The molecule has 0 radical (unpaired) electrons. The van der Waals surface area contributed by atoms with Crippen LogP contribution < -0.4 is 5.32 Å². The average molecular weight is 347 g/mol. The Hall–Kier alpha value is -1.01. The van der Waals surface area contributed by atoms with Crippen LogP contribution in [0.2, 0.25) is 0 Å². The number of nitro groups is 1. The van der Waals surface area contributed by atoms with Gasteiger partial charge in [0.05, 0.1) is 9.40 Å². The van der Waals surface area contributed by atoms with Crippen LogP contribution in [0.25, 0.3) is 0 Å². The molecule has 0 aliphatic heterocycles. The monoisotopic (exact) mass is 346 g/mol. The van der Waals surface area contributed by atoms with E-state index in [0.29, 0.717) is 12.0 Å². The molecule has 0 aromatic heterocycles. The van der Waals surface area contributed by atoms with Crippen LogP contribution in [0.5, 0.6) is 0 Å². The van der Waals surface area contributed by atoms with Crippen molar-refractivity contribution in [2.24, 2.45) is 0 Å². The molecule has 4 nitrogen and oxygen atoms in total. The van der Waals surface area contributed by atoms with Crippen molar-refractivity contribution in [1.29, 1.82) is 0 Å². The molecule has 1 unspecified atom stereocenters. The summed E-state index contributed by atoms with van der Waals surface area (Å²) in [6.07, 6.45) is 3.36. The molecule has 0 spiro atoms. The molecule has 6 heteroatoms. The van der Waals surface area contributed by atoms with Gasteiger partial charge in [-0.3, -0.25) is 10.1 Å². The number of rotatable bonds is 8. The maximum Gasteiger partial charge on any atom is 0.273 e. The lowest BCUT2D eigenvalue weighted by Gasteiger charge is -2.18. The van der Waals surface area contributed by atoms with Gasteiger partial charge >= 0.3 is 0 Å². The molecule has 0 saturated carbocycles. The van der Waals surface area contributed by atoms with Gasteiger partial charge in [0, 0.05) is 17.7 Å². The summed E-state index contributed by atoms with van der Waals surface area (Å²) >= 11 is 2.99. The quantitative estimate of drug-likeness (QED) is 0.566. The summed E-state index contributed by atoms with van der Waals surface area (Å²) in [7, 11) is 0. The molecule has 1 aromatic carbocycles. The first-order chi connectivity index (χ1) is 9.49. The molecule has 0 bridgehead atoms. The van der Waals surface area contributed by atoms with Crippen molar-refractivity contribution < 1.29 is 9.31 Å². The second kappa shape index (κ2) is 8.32. The minimum absolute atomic E-state index is 0.0299. The zero-order chi connectivity index (χ0) is 15.1. The fourth-order valence-electron chi connectivity index (χ4n) is 2.15. The summed E-state index contributed by atoms with van der Waals surface area (Å²) < 4.78 is 13.7. The molecule has 1 aromatic rings. The summed E-state index contributed by atoms with van der Waals surface area (Å²) in [4.78, 5) is 10.6. The lowest BCUT2D eigenvalue weighted by Crippen LogP contribution is -2.31. The fraction of sp³-hybridized carbons (Fsp3) is 0.571. The number of nitro benzene ring substituents is 1. The summed E-state index contributed by atoms with van der Waals surface area (Å²) in [5.74, 6) is -0.462. The number of benzene rings is 1. The Morgan fingerprint density at radius 1 is 1.40 bits per heavy atom. The zero-order valence-corrected chi connectivity index (χ0v) is 13.4. The van der Waals surface area contributed by atoms with Gasteiger partial charge in [-0.1, -0.05) is 20.3 Å². The van der Waals surface area contributed by atoms with Crippen molar-refractivity contribution in [3.8, 4) is 0 Å². The summed E-state index contributed by atoms with van der Waals surface area (Å²) in [6.45, 7) is 4.99. The van der Waals surface area contributed by atoms with Crippen LogP contribution in [0, 0.1) is 15.9 Å². The Labute approximate surface area is 127 Å². The van der Waals surface area contributed by atoms with E-state index in [1.54, 1.807) is 0 Å². The van der Waals surface area contributed by atoms with Crippen LogP contribution >= 0.6 is 15.9 Å². The maximum absolute atomic E-state index is 13.6. The molecule has 1 N–H and O–H groups in total. The van der Waals surface area contributed by atoms with Gasteiger partial charge in [-0.05, 0) is 47.8 Å². The van der Waals surface area contributed by atoms with E-state index in [9.17, 15) is 14.5 Å². The predicted octanol–water partition coefficient (Wildman–Crippen LogP) is 4.21. The highest BCUT2D eigenvalue weighted by atomic mass is 79.9. The van der Waals surface area contributed by atoms with Gasteiger partial charge in [-0.25, -0.2) is 4.39 Å². The molecular formula is C14H20BrFN2O2. The largest absolute Gasteiger partial charge is 0.314 e. The van der Waals surface area contributed by atoms with Gasteiger partial charge in [-0.15, -0.1) is 0 Å². The van der Waals surface area contributed by atoms with E-state index in [0.717, 1.165) is 25.8 Å². The van der Waals surface area contributed by atoms with Gasteiger partial charge in [0.2, 0.25) is 0 Å². The number of halogens is 2. The van der Waals surface area contributed by atoms with Crippen molar-refractivity contribution in [3.63, 3.8) is 0 Å². The second-order valence-electron chi connectivity index (χ2n) is 4.80. The molecule has 1 rings (SSSR count). The molecule has 0 amide bonds. The first-order valence-corrected chi connectivity index (χ1v) is 7.64. The molecule has 0 saturated heterocycles. The molecule has 20 heavy (non-hydrogen) atoms. The van der Waals surface area contributed by atoms with Crippen molar-refractivity contribution >= 4 is 21.6 Å². The van der Waals surface area contributed by atoms with E-state index >= 15 is 0 Å². The van der Waals surface area contributed by atoms with Crippen LogP contribution in [-0.2, 0) is 6.42 Å². The third-order valence-electron chi connectivity index (χ3n) is 3.10. The Bertz CT molecular complexity index is 469. The Morgan fingerprint density at radius 2 is 2.10 bits per heavy atom. The Balaban J connectivity index is 2.98. The summed E-state index contributed by atoms with van der Waals surface area (Å²) in [5.41, 5.74) is 0.412. The van der Waals surface area contributed by atoms with Crippen LogP contribution in [-0.4, -0.2) is 17.5 Å². The number of nitrogens with one attached hydrogen (secondary N) is 1. The minimum Gasteiger partial charge on any atom is -0.314 e. The lowest BCUT2D eigenvalue weighted by atomic mass is 10.0. The normalized spacial score (nSPS) is 12.4. The second-order valence-corrected chi connectivity index (χ2v) is 5.65. The summed E-state index contributed by atoms with van der Waals surface area (Å²) in [6, 6.07) is 2.64. The van der Waals surface area contributed by atoms with E-state index < -0.39 is 10.7 Å². The van der Waals surface area contributed by atoms with Crippen LogP contribution in [0.15, 0.2) is 16.6 Å². The third kappa shape index (κ3) is 4.83. The lowest BCUT2D eigenvalue weighted by molar-refractivity contribution is -0.385. The number of hydrogen-bond donors (Lipinski definition) is 1. The highest BCUT2D eigenvalue weighted by Crippen LogP contribution is 2.28. The highest BCUT2D eigenvalue weighted by Gasteiger charge is 2.20. The van der Waals surface area contributed by atoms with Crippen molar-refractivity contribution in [2.75, 3.05) is 6.54 Å². The van der Waals surface area contributed by atoms with E-state index in [-0.39, 0.29) is 16.2 Å². The first kappa shape index (κ1) is 17.0. The first-order valence-electron chi connectivity index (χ1n) is 6.85. The topological polar surface area (TPSA) is 55.2 Å². The van der Waals surface area contributed by atoms with Crippen LogP contribution in [0.4, 0.5) is 10.1 Å². The van der Waals surface area contributed by atoms with Gasteiger partial charge in [0.15, 0.2) is 0 Å². The number of hydrogen-bond acceptors (Lipinski definition) is 3. The van der Waals surface area contributed by atoms with Crippen molar-refractivity contribution in [3.05, 3.63) is 38.1 Å². The summed E-state index contributed by atoms with van der Waals surface area (Å²) in [5, 5.41) is 14.4. The smallest absolute Gasteiger partial charge is 0.273 e. The van der Waals surface area contributed by atoms with Crippen molar-refractivity contribution in [1.82, 2.24) is 5.32 Å². The standard InChI is InChI=1S/C14H20BrFN2O2/c1-3-5-11(17-6-4-2)7-10-8-13(16)12(15)9-14(10)18(19)20/h8-9,11,17H,3-7H2,1-2H3. The minimum atomic E-state index is -0.462. The third-order valence-corrected chi connectivity index (χ3v) is 3.71. The SMILES string of the molecule is CCCNC(CCC)Cc1cc(F)c(Br)cc1[N+](=O)[O-]. The predicted molar refractivity (Wildman–Crippen MR) is 81.4 cm³/mol. The van der Waals surface area contributed by atoms with E-state index in [2.05, 4.69) is 35.1 Å². The molecule has 0 aliphatic rings. The number of nitrogens with zero attached hydrogens (tertiary/aromatic N) is 1. The molecule has 0 heterocycles. The maximum atomic E-state index is 13.6. The van der Waals surface area contributed by atoms with Crippen LogP contribution in [0.1, 0.15) is 38.7 Å². The van der Waals surface area contributed by atoms with Gasteiger partial charge in [-0.2, -0.15) is 0 Å². The zero-order valence-electron chi connectivity index (χ0n) is 11.8. The van der Waals surface area contributed by atoms with Crippen molar-refractivity contribution in [2.45, 2.75) is 45.6 Å². The molecule has 0 aliphatic carbocycles. The van der Waals surface area contributed by atoms with Crippen LogP contribution in [0.3, 0.4) is 0 Å². The van der Waals surface area contributed by atoms with Gasteiger partial charge in [0.25, 0.3) is 5.69 Å². The molecule has 0 fully saturated rings. The van der Waals surface area contributed by atoms with E-state index in [1.165, 1.54) is 12.1 Å². The molecular weight excluding hydrogens is 327 g/mol. The van der Waals surface area contributed by atoms with Gasteiger partial charge < -0.3 is 5.32 Å². The Kier molecular flexibility index (Phi) is 7.09. The average Bonchev–Trinajstić information content (AvgIpc) is 2.39. The van der Waals surface area contributed by atoms with Gasteiger partial charge in [0.1, 0.15) is 5.82 Å².